The molecular weight excluding hydrogens is 132 g/mol. The third-order valence-electron chi connectivity index (χ3n) is 3.88. The van der Waals surface area contributed by atoms with Gasteiger partial charge >= 0.3 is 0 Å². The average Bonchev–Trinajstić information content (AvgIpc) is 2.04. The summed E-state index contributed by atoms with van der Waals surface area (Å²) in [6, 6.07) is 0. The van der Waals surface area contributed by atoms with Crippen LogP contribution < -0.4 is 0 Å². The molecule has 0 aromatic heterocycles. The van der Waals surface area contributed by atoms with Crippen LogP contribution in [0.25, 0.3) is 0 Å². The van der Waals surface area contributed by atoms with Crippen molar-refractivity contribution in [3.63, 3.8) is 0 Å². The molecule has 0 aromatic carbocycles. The van der Waals surface area contributed by atoms with Gasteiger partial charge < -0.3 is 0 Å². The molecule has 3 rings (SSSR count). The molecule has 0 nitrogen and oxygen atoms in total. The van der Waals surface area contributed by atoms with Crippen LogP contribution in [-0.4, -0.2) is 0 Å². The predicted octanol–water partition coefficient (Wildman–Crippen LogP) is 3.15. The molecule has 0 saturated heterocycles. The molecule has 2 atom stereocenters. The van der Waals surface area contributed by atoms with Gasteiger partial charge in [-0.2, -0.15) is 0 Å². The van der Waals surface area contributed by atoms with Gasteiger partial charge in [-0.3, -0.25) is 0 Å². The summed E-state index contributed by atoms with van der Waals surface area (Å²) in [4.78, 5) is 0. The van der Waals surface area contributed by atoms with Crippen molar-refractivity contribution >= 4 is 0 Å². The van der Waals surface area contributed by atoms with Gasteiger partial charge in [0.2, 0.25) is 0 Å². The standard InChI is InChI=1S/C11H16/c1-4-8-5-6-9-7-10(8)11(9,2)3/h9-10H,1,5-7H2,2-3H3. The van der Waals surface area contributed by atoms with E-state index >= 15 is 0 Å². The van der Waals surface area contributed by atoms with Crippen LogP contribution in [0.15, 0.2) is 17.9 Å². The Balaban J connectivity index is 2.29. The summed E-state index contributed by atoms with van der Waals surface area (Å²) in [6.07, 6.45) is 4.05. The van der Waals surface area contributed by atoms with Crippen molar-refractivity contribution in [3.8, 4) is 0 Å². The molecule has 60 valence electrons. The molecule has 2 unspecified atom stereocenters. The summed E-state index contributed by atoms with van der Waals surface area (Å²) in [6.45, 7) is 8.55. The molecule has 0 spiro atoms. The molecular formula is C11H16. The number of allylic oxidation sites excluding steroid dienone is 1. The molecule has 3 fully saturated rings. The van der Waals surface area contributed by atoms with Crippen LogP contribution in [0.5, 0.6) is 0 Å². The van der Waals surface area contributed by atoms with Crippen molar-refractivity contribution < 1.29 is 0 Å². The number of hydrogen-bond donors (Lipinski definition) is 0. The van der Waals surface area contributed by atoms with Gasteiger partial charge in [-0.15, -0.1) is 5.73 Å². The molecule has 3 aliphatic rings. The first-order valence-corrected chi connectivity index (χ1v) is 4.55. The maximum absolute atomic E-state index is 3.76. The number of hydrogen-bond acceptors (Lipinski definition) is 0. The predicted molar refractivity (Wildman–Crippen MR) is 47.3 cm³/mol. The van der Waals surface area contributed by atoms with Gasteiger partial charge in [-0.25, -0.2) is 0 Å². The van der Waals surface area contributed by atoms with Gasteiger partial charge in [0.05, 0.1) is 0 Å². The van der Waals surface area contributed by atoms with E-state index in [0.717, 1.165) is 11.8 Å². The van der Waals surface area contributed by atoms with Crippen molar-refractivity contribution in [2.75, 3.05) is 0 Å². The molecule has 0 radical (unpaired) electrons. The summed E-state index contributed by atoms with van der Waals surface area (Å²) < 4.78 is 0. The normalized spacial score (nSPS) is 39.3. The molecule has 0 heterocycles. The summed E-state index contributed by atoms with van der Waals surface area (Å²) in [5.74, 6) is 1.81. The van der Waals surface area contributed by atoms with Crippen LogP contribution in [0.1, 0.15) is 33.1 Å². The second-order valence-corrected chi connectivity index (χ2v) is 4.55. The highest BCUT2D eigenvalue weighted by molar-refractivity contribution is 5.20. The Hall–Kier alpha value is -0.480. The molecule has 3 aliphatic carbocycles. The zero-order chi connectivity index (χ0) is 8.06. The molecule has 0 amide bonds. The van der Waals surface area contributed by atoms with Crippen LogP contribution in [0.3, 0.4) is 0 Å². The van der Waals surface area contributed by atoms with E-state index in [4.69, 9.17) is 0 Å². The quantitative estimate of drug-likeness (QED) is 0.463. The van der Waals surface area contributed by atoms with Crippen molar-refractivity contribution in [3.05, 3.63) is 17.9 Å². The minimum absolute atomic E-state index is 0.568. The lowest BCUT2D eigenvalue weighted by molar-refractivity contribution is -0.0274. The SMILES string of the molecule is C=C=C1CCC2CC1C2(C)C. The van der Waals surface area contributed by atoms with Gasteiger partial charge in [0.25, 0.3) is 0 Å². The molecule has 0 aliphatic heterocycles. The summed E-state index contributed by atoms with van der Waals surface area (Å²) in [5.41, 5.74) is 5.18. The van der Waals surface area contributed by atoms with Crippen molar-refractivity contribution in [1.29, 1.82) is 0 Å². The van der Waals surface area contributed by atoms with E-state index < -0.39 is 0 Å². The van der Waals surface area contributed by atoms with Gasteiger partial charge in [0.15, 0.2) is 0 Å². The first kappa shape index (κ1) is 7.18. The molecule has 11 heavy (non-hydrogen) atoms. The largest absolute Gasteiger partial charge is 0.129 e. The van der Waals surface area contributed by atoms with E-state index in [2.05, 4.69) is 26.2 Å². The monoisotopic (exact) mass is 148 g/mol. The van der Waals surface area contributed by atoms with Crippen LogP contribution in [-0.2, 0) is 0 Å². The Morgan fingerprint density at radius 3 is 2.64 bits per heavy atom. The van der Waals surface area contributed by atoms with Gasteiger partial charge in [-0.1, -0.05) is 20.4 Å². The van der Waals surface area contributed by atoms with Crippen molar-refractivity contribution in [2.24, 2.45) is 17.3 Å². The van der Waals surface area contributed by atoms with E-state index in [-0.39, 0.29) is 0 Å². The maximum Gasteiger partial charge on any atom is -0.00705 e. The first-order valence-electron chi connectivity index (χ1n) is 4.55. The van der Waals surface area contributed by atoms with E-state index in [1.807, 2.05) is 0 Å². The van der Waals surface area contributed by atoms with Crippen LogP contribution in [0.4, 0.5) is 0 Å². The highest BCUT2D eigenvalue weighted by Crippen LogP contribution is 2.60. The highest BCUT2D eigenvalue weighted by atomic mass is 14.6. The lowest BCUT2D eigenvalue weighted by atomic mass is 9.47. The number of rotatable bonds is 0. The second-order valence-electron chi connectivity index (χ2n) is 4.55. The fourth-order valence-corrected chi connectivity index (χ4v) is 2.81. The minimum Gasteiger partial charge on any atom is -0.129 e. The van der Waals surface area contributed by atoms with Crippen LogP contribution >= 0.6 is 0 Å². The van der Waals surface area contributed by atoms with E-state index in [0.29, 0.717) is 5.41 Å². The zero-order valence-electron chi connectivity index (χ0n) is 7.48. The Kier molecular flexibility index (Phi) is 1.32. The number of fused-ring (bicyclic) bond motifs is 2. The third-order valence-corrected chi connectivity index (χ3v) is 3.88. The van der Waals surface area contributed by atoms with Gasteiger partial charge in [-0.05, 0) is 42.1 Å². The van der Waals surface area contributed by atoms with Crippen LogP contribution in [0, 0.1) is 17.3 Å². The average molecular weight is 148 g/mol. The minimum atomic E-state index is 0.568. The summed E-state index contributed by atoms with van der Waals surface area (Å²) in [5, 5.41) is 0. The van der Waals surface area contributed by atoms with Gasteiger partial charge in [0.1, 0.15) is 0 Å². The Morgan fingerprint density at radius 1 is 1.55 bits per heavy atom. The zero-order valence-corrected chi connectivity index (χ0v) is 7.48. The lowest BCUT2D eigenvalue weighted by Gasteiger charge is -2.57. The smallest absolute Gasteiger partial charge is 0.00705 e. The van der Waals surface area contributed by atoms with E-state index in [9.17, 15) is 0 Å². The Labute approximate surface area is 69.0 Å². The highest BCUT2D eigenvalue weighted by Gasteiger charge is 2.51. The fraction of sp³-hybridized carbons (Fsp3) is 0.727. The molecule has 2 bridgehead atoms. The van der Waals surface area contributed by atoms with E-state index in [1.54, 1.807) is 0 Å². The van der Waals surface area contributed by atoms with Gasteiger partial charge in [0, 0.05) is 0 Å². The van der Waals surface area contributed by atoms with Crippen molar-refractivity contribution in [2.45, 2.75) is 33.1 Å². The first-order chi connectivity index (χ1) is 5.16. The summed E-state index contributed by atoms with van der Waals surface area (Å²) >= 11 is 0. The topological polar surface area (TPSA) is 0 Å². The Bertz CT molecular complexity index is 226. The lowest BCUT2D eigenvalue weighted by Crippen LogP contribution is -2.48. The summed E-state index contributed by atoms with van der Waals surface area (Å²) in [7, 11) is 0. The second kappa shape index (κ2) is 2.01. The van der Waals surface area contributed by atoms with Crippen LogP contribution in [0.2, 0.25) is 0 Å². The van der Waals surface area contributed by atoms with Crippen molar-refractivity contribution in [1.82, 2.24) is 0 Å². The molecule has 0 heteroatoms. The fourth-order valence-electron chi connectivity index (χ4n) is 2.81. The molecule has 0 N–H and O–H groups in total. The van der Waals surface area contributed by atoms with E-state index in [1.165, 1.54) is 24.8 Å². The Morgan fingerprint density at radius 2 is 2.27 bits per heavy atom. The molecule has 0 aromatic rings. The third kappa shape index (κ3) is 0.765. The maximum atomic E-state index is 3.76. The molecule has 3 saturated carbocycles.